The molecule has 8 heteroatoms. The molecule has 132 valence electrons. The maximum Gasteiger partial charge on any atom is 0.311 e. The van der Waals surface area contributed by atoms with Gasteiger partial charge in [0, 0.05) is 17.0 Å². The number of carbonyl (C=O) groups excluding carboxylic acids is 1. The van der Waals surface area contributed by atoms with E-state index in [2.05, 4.69) is 5.32 Å². The van der Waals surface area contributed by atoms with Crippen LogP contribution in [0.5, 0.6) is 11.5 Å². The topological polar surface area (TPSA) is 90.7 Å². The van der Waals surface area contributed by atoms with Crippen LogP contribution >= 0.6 is 11.8 Å². The number of hydrogen-bond acceptors (Lipinski definition) is 6. The van der Waals surface area contributed by atoms with Crippen LogP contribution in [0, 0.1) is 10.1 Å². The SMILES string of the molecule is CCSc1ccccc1NC(=O)COc1ccc([N+](=O)[O-])c(OC)c1. The van der Waals surface area contributed by atoms with Gasteiger partial charge in [0.2, 0.25) is 5.75 Å². The molecule has 0 saturated heterocycles. The van der Waals surface area contributed by atoms with Gasteiger partial charge in [0.25, 0.3) is 5.91 Å². The second-order valence-electron chi connectivity index (χ2n) is 4.86. The second-order valence-corrected chi connectivity index (χ2v) is 6.16. The van der Waals surface area contributed by atoms with Crippen LogP contribution in [0.3, 0.4) is 0 Å². The van der Waals surface area contributed by atoms with Crippen LogP contribution in [0.15, 0.2) is 47.4 Å². The van der Waals surface area contributed by atoms with E-state index in [1.165, 1.54) is 25.3 Å². The Morgan fingerprint density at radius 3 is 2.72 bits per heavy atom. The van der Waals surface area contributed by atoms with Gasteiger partial charge in [-0.15, -0.1) is 11.8 Å². The average Bonchev–Trinajstić information content (AvgIpc) is 2.61. The van der Waals surface area contributed by atoms with Gasteiger partial charge in [0.15, 0.2) is 6.61 Å². The van der Waals surface area contributed by atoms with Crippen molar-refractivity contribution in [2.24, 2.45) is 0 Å². The van der Waals surface area contributed by atoms with Gasteiger partial charge in [-0.3, -0.25) is 14.9 Å². The molecule has 0 bridgehead atoms. The Labute approximate surface area is 149 Å². The highest BCUT2D eigenvalue weighted by molar-refractivity contribution is 7.99. The summed E-state index contributed by atoms with van der Waals surface area (Å²) in [6.07, 6.45) is 0. The summed E-state index contributed by atoms with van der Waals surface area (Å²) in [6, 6.07) is 11.6. The third-order valence-corrected chi connectivity index (χ3v) is 4.13. The van der Waals surface area contributed by atoms with Gasteiger partial charge in [-0.2, -0.15) is 0 Å². The minimum Gasteiger partial charge on any atom is -0.490 e. The summed E-state index contributed by atoms with van der Waals surface area (Å²) >= 11 is 1.63. The monoisotopic (exact) mass is 362 g/mol. The largest absolute Gasteiger partial charge is 0.490 e. The lowest BCUT2D eigenvalue weighted by molar-refractivity contribution is -0.385. The Bertz CT molecular complexity index is 766. The molecule has 2 aromatic rings. The van der Waals surface area contributed by atoms with E-state index in [1.54, 1.807) is 11.8 Å². The molecule has 2 aromatic carbocycles. The maximum atomic E-state index is 12.1. The van der Waals surface area contributed by atoms with Gasteiger partial charge < -0.3 is 14.8 Å². The molecule has 0 aliphatic heterocycles. The molecule has 1 N–H and O–H groups in total. The van der Waals surface area contributed by atoms with Crippen molar-refractivity contribution in [3.05, 3.63) is 52.6 Å². The molecule has 0 aliphatic carbocycles. The Morgan fingerprint density at radius 1 is 1.28 bits per heavy atom. The first-order valence-corrected chi connectivity index (χ1v) is 8.50. The fourth-order valence-corrected chi connectivity index (χ4v) is 2.85. The fourth-order valence-electron chi connectivity index (χ4n) is 2.09. The minimum absolute atomic E-state index is 0.0765. The van der Waals surface area contributed by atoms with Gasteiger partial charge in [-0.25, -0.2) is 0 Å². The van der Waals surface area contributed by atoms with Crippen molar-refractivity contribution in [2.75, 3.05) is 24.8 Å². The van der Waals surface area contributed by atoms with E-state index in [-0.39, 0.29) is 24.0 Å². The molecule has 25 heavy (non-hydrogen) atoms. The van der Waals surface area contributed by atoms with Gasteiger partial charge in [-0.1, -0.05) is 19.1 Å². The Kier molecular flexibility index (Phi) is 6.64. The first-order chi connectivity index (χ1) is 12.0. The number of nitro groups is 1. The Morgan fingerprint density at radius 2 is 2.04 bits per heavy atom. The number of ether oxygens (including phenoxy) is 2. The normalized spacial score (nSPS) is 10.2. The number of methoxy groups -OCH3 is 1. The summed E-state index contributed by atoms with van der Waals surface area (Å²) in [5.74, 6) is 0.967. The molecule has 0 aliphatic rings. The zero-order valence-corrected chi connectivity index (χ0v) is 14.7. The van der Waals surface area contributed by atoms with Crippen LogP contribution in [0.25, 0.3) is 0 Å². The Balaban J connectivity index is 2.00. The number of rotatable bonds is 8. The van der Waals surface area contributed by atoms with Gasteiger partial charge in [0.1, 0.15) is 5.75 Å². The number of nitrogens with one attached hydrogen (secondary N) is 1. The van der Waals surface area contributed by atoms with E-state index in [9.17, 15) is 14.9 Å². The number of nitrogens with zero attached hydrogens (tertiary/aromatic N) is 1. The van der Waals surface area contributed by atoms with Crippen molar-refractivity contribution in [3.8, 4) is 11.5 Å². The second kappa shape index (κ2) is 8.93. The molecule has 0 radical (unpaired) electrons. The summed E-state index contributed by atoms with van der Waals surface area (Å²) < 4.78 is 10.4. The van der Waals surface area contributed by atoms with Crippen LogP contribution in [0.4, 0.5) is 11.4 Å². The summed E-state index contributed by atoms with van der Waals surface area (Å²) in [7, 11) is 1.33. The van der Waals surface area contributed by atoms with E-state index in [4.69, 9.17) is 9.47 Å². The number of hydrogen-bond donors (Lipinski definition) is 1. The molecule has 0 atom stereocenters. The number of anilines is 1. The van der Waals surface area contributed by atoms with Crippen LogP contribution in [-0.4, -0.2) is 30.3 Å². The Hall–Kier alpha value is -2.74. The van der Waals surface area contributed by atoms with E-state index < -0.39 is 4.92 Å². The van der Waals surface area contributed by atoms with E-state index >= 15 is 0 Å². The molecule has 2 rings (SSSR count). The quantitative estimate of drug-likeness (QED) is 0.437. The smallest absolute Gasteiger partial charge is 0.311 e. The van der Waals surface area contributed by atoms with Crippen molar-refractivity contribution >= 4 is 29.0 Å². The minimum atomic E-state index is -0.544. The summed E-state index contributed by atoms with van der Waals surface area (Å²) in [6.45, 7) is 1.82. The van der Waals surface area contributed by atoms with Crippen LogP contribution in [-0.2, 0) is 4.79 Å². The third kappa shape index (κ3) is 5.12. The number of carbonyl (C=O) groups is 1. The molecule has 1 amide bonds. The number of para-hydroxylation sites is 1. The zero-order chi connectivity index (χ0) is 18.2. The summed E-state index contributed by atoms with van der Waals surface area (Å²) in [5, 5.41) is 13.7. The maximum absolute atomic E-state index is 12.1. The molecule has 0 heterocycles. The lowest BCUT2D eigenvalue weighted by atomic mass is 10.3. The molecule has 0 spiro atoms. The summed E-state index contributed by atoms with van der Waals surface area (Å²) in [5.41, 5.74) is 0.564. The van der Waals surface area contributed by atoms with Crippen molar-refractivity contribution in [1.29, 1.82) is 0 Å². The molecule has 0 aromatic heterocycles. The number of nitro benzene ring substituents is 1. The lowest BCUT2D eigenvalue weighted by Crippen LogP contribution is -2.20. The predicted octanol–water partition coefficient (Wildman–Crippen LogP) is 3.73. The van der Waals surface area contributed by atoms with Crippen molar-refractivity contribution < 1.29 is 19.2 Å². The van der Waals surface area contributed by atoms with E-state index in [1.807, 2.05) is 31.2 Å². The number of benzene rings is 2. The predicted molar refractivity (Wildman–Crippen MR) is 96.6 cm³/mol. The molecule has 0 fully saturated rings. The van der Waals surface area contributed by atoms with E-state index in [0.29, 0.717) is 5.75 Å². The first-order valence-electron chi connectivity index (χ1n) is 7.52. The molecule has 7 nitrogen and oxygen atoms in total. The van der Waals surface area contributed by atoms with Crippen molar-refractivity contribution in [2.45, 2.75) is 11.8 Å². The zero-order valence-electron chi connectivity index (χ0n) is 13.9. The van der Waals surface area contributed by atoms with Crippen molar-refractivity contribution in [1.82, 2.24) is 0 Å². The van der Waals surface area contributed by atoms with E-state index in [0.717, 1.165) is 16.3 Å². The van der Waals surface area contributed by atoms with Crippen LogP contribution in [0.2, 0.25) is 0 Å². The van der Waals surface area contributed by atoms with Crippen LogP contribution in [0.1, 0.15) is 6.92 Å². The molecular weight excluding hydrogens is 344 g/mol. The molecule has 0 saturated carbocycles. The third-order valence-electron chi connectivity index (χ3n) is 3.18. The highest BCUT2D eigenvalue weighted by Gasteiger charge is 2.16. The number of amides is 1. The van der Waals surface area contributed by atoms with Gasteiger partial charge in [-0.05, 0) is 24.0 Å². The highest BCUT2D eigenvalue weighted by Crippen LogP contribution is 2.31. The lowest BCUT2D eigenvalue weighted by Gasteiger charge is -2.11. The van der Waals surface area contributed by atoms with Gasteiger partial charge >= 0.3 is 5.69 Å². The fraction of sp³-hybridized carbons (Fsp3) is 0.235. The van der Waals surface area contributed by atoms with Crippen LogP contribution < -0.4 is 14.8 Å². The summed E-state index contributed by atoms with van der Waals surface area (Å²) in [4.78, 5) is 23.4. The highest BCUT2D eigenvalue weighted by atomic mass is 32.2. The molecular formula is C17H18N2O5S. The number of thioether (sulfide) groups is 1. The van der Waals surface area contributed by atoms with Crippen molar-refractivity contribution in [3.63, 3.8) is 0 Å². The standard InChI is InChI=1S/C17H18N2O5S/c1-3-25-16-7-5-4-6-13(16)18-17(20)11-24-12-8-9-14(19(21)22)15(10-12)23-2/h4-10H,3,11H2,1-2H3,(H,18,20). The first kappa shape index (κ1) is 18.6. The van der Waals surface area contributed by atoms with Gasteiger partial charge in [0.05, 0.1) is 17.7 Å². The molecule has 0 unspecified atom stereocenters. The average molecular weight is 362 g/mol.